The monoisotopic (exact) mass is 298 g/mol. The van der Waals surface area contributed by atoms with E-state index in [1.54, 1.807) is 18.9 Å². The maximum atomic E-state index is 12.6. The number of nitrogens with zero attached hydrogens (tertiary/aromatic N) is 2. The average Bonchev–Trinajstić information content (AvgIpc) is 2.87. The first kappa shape index (κ1) is 17.2. The van der Waals surface area contributed by atoms with E-state index in [1.807, 2.05) is 6.92 Å². The van der Waals surface area contributed by atoms with Gasteiger partial charge in [-0.2, -0.15) is 0 Å². The van der Waals surface area contributed by atoms with E-state index in [1.165, 1.54) is 7.11 Å². The van der Waals surface area contributed by atoms with Crippen molar-refractivity contribution in [3.63, 3.8) is 0 Å². The van der Waals surface area contributed by atoms with Gasteiger partial charge in [0.1, 0.15) is 11.3 Å². The molecule has 0 radical (unpaired) electrons. The number of amides is 1. The third kappa shape index (κ3) is 4.56. The Labute approximate surface area is 124 Å². The second kappa shape index (κ2) is 8.41. The van der Waals surface area contributed by atoms with Gasteiger partial charge in [0, 0.05) is 20.2 Å². The van der Waals surface area contributed by atoms with E-state index in [0.29, 0.717) is 36.6 Å². The lowest BCUT2D eigenvalue weighted by atomic mass is 10.1. The number of carbonyl (C=O) groups excluding carboxylic acids is 2. The van der Waals surface area contributed by atoms with Crippen LogP contribution in [0.2, 0.25) is 0 Å². The molecule has 0 fully saturated rings. The number of methoxy groups -OCH3 is 2. The van der Waals surface area contributed by atoms with Crippen molar-refractivity contribution in [1.29, 1.82) is 0 Å². The minimum Gasteiger partial charge on any atom is -0.469 e. The zero-order valence-electron chi connectivity index (χ0n) is 13.0. The summed E-state index contributed by atoms with van der Waals surface area (Å²) >= 11 is 0. The molecular weight excluding hydrogens is 276 g/mol. The number of esters is 1. The summed E-state index contributed by atoms with van der Waals surface area (Å²) in [7, 11) is 2.88. The van der Waals surface area contributed by atoms with Crippen LogP contribution >= 0.6 is 0 Å². The Balaban J connectivity index is 2.87. The number of aromatic nitrogens is 1. The van der Waals surface area contributed by atoms with Gasteiger partial charge in [0.05, 0.1) is 25.8 Å². The van der Waals surface area contributed by atoms with E-state index in [0.717, 1.165) is 0 Å². The molecule has 0 saturated heterocycles. The third-order valence-corrected chi connectivity index (χ3v) is 3.15. The minimum absolute atomic E-state index is 0.137. The van der Waals surface area contributed by atoms with E-state index in [4.69, 9.17) is 9.26 Å². The highest BCUT2D eigenvalue weighted by Crippen LogP contribution is 2.17. The SMILES string of the molecule is CCc1noc(C)c1C(=O)N(CCOC)CCC(=O)OC. The normalized spacial score (nSPS) is 10.5. The Kier molecular flexibility index (Phi) is 6.87. The molecule has 1 rings (SSSR count). The molecule has 118 valence electrons. The van der Waals surface area contributed by atoms with E-state index in [9.17, 15) is 9.59 Å². The van der Waals surface area contributed by atoms with Crippen LogP contribution in [0.25, 0.3) is 0 Å². The lowest BCUT2D eigenvalue weighted by Crippen LogP contribution is -2.36. The van der Waals surface area contributed by atoms with Gasteiger partial charge in [-0.3, -0.25) is 9.59 Å². The zero-order chi connectivity index (χ0) is 15.8. The van der Waals surface area contributed by atoms with Gasteiger partial charge in [0.25, 0.3) is 5.91 Å². The van der Waals surface area contributed by atoms with Crippen LogP contribution in [0.4, 0.5) is 0 Å². The molecule has 0 N–H and O–H groups in total. The summed E-state index contributed by atoms with van der Waals surface area (Å²) in [6.45, 7) is 4.65. The smallest absolute Gasteiger partial charge is 0.307 e. The second-order valence-corrected chi connectivity index (χ2v) is 4.53. The number of hydrogen-bond acceptors (Lipinski definition) is 6. The van der Waals surface area contributed by atoms with Crippen molar-refractivity contribution >= 4 is 11.9 Å². The second-order valence-electron chi connectivity index (χ2n) is 4.53. The molecule has 0 aromatic carbocycles. The zero-order valence-corrected chi connectivity index (χ0v) is 13.0. The lowest BCUT2D eigenvalue weighted by Gasteiger charge is -2.21. The molecule has 1 amide bonds. The quantitative estimate of drug-likeness (QED) is 0.671. The van der Waals surface area contributed by atoms with Crippen molar-refractivity contribution in [2.24, 2.45) is 0 Å². The summed E-state index contributed by atoms with van der Waals surface area (Å²) in [4.78, 5) is 25.5. The van der Waals surface area contributed by atoms with Crippen LogP contribution in [0, 0.1) is 6.92 Å². The van der Waals surface area contributed by atoms with Crippen molar-refractivity contribution in [3.8, 4) is 0 Å². The van der Waals surface area contributed by atoms with Gasteiger partial charge in [-0.05, 0) is 13.3 Å². The number of carbonyl (C=O) groups is 2. The Hall–Kier alpha value is -1.89. The molecule has 0 aliphatic heterocycles. The number of ether oxygens (including phenoxy) is 2. The van der Waals surface area contributed by atoms with E-state index in [2.05, 4.69) is 9.89 Å². The summed E-state index contributed by atoms with van der Waals surface area (Å²) < 4.78 is 14.7. The first-order valence-corrected chi connectivity index (χ1v) is 6.85. The molecule has 0 unspecified atom stereocenters. The predicted octanol–water partition coefficient (Wildman–Crippen LogP) is 1.20. The van der Waals surface area contributed by atoms with Crippen LogP contribution in [0.5, 0.6) is 0 Å². The highest BCUT2D eigenvalue weighted by atomic mass is 16.5. The van der Waals surface area contributed by atoms with Gasteiger partial charge in [0.15, 0.2) is 0 Å². The first-order valence-electron chi connectivity index (χ1n) is 6.85. The Morgan fingerprint density at radius 1 is 1.29 bits per heavy atom. The Morgan fingerprint density at radius 3 is 2.57 bits per heavy atom. The Morgan fingerprint density at radius 2 is 2.00 bits per heavy atom. The van der Waals surface area contributed by atoms with Crippen molar-refractivity contribution < 1.29 is 23.6 Å². The summed E-state index contributed by atoms with van der Waals surface area (Å²) in [5.41, 5.74) is 1.09. The number of rotatable bonds is 8. The third-order valence-electron chi connectivity index (χ3n) is 3.15. The molecule has 0 spiro atoms. The fraction of sp³-hybridized carbons (Fsp3) is 0.643. The maximum Gasteiger partial charge on any atom is 0.307 e. The number of aryl methyl sites for hydroxylation is 2. The van der Waals surface area contributed by atoms with Crippen LogP contribution in [0.3, 0.4) is 0 Å². The van der Waals surface area contributed by atoms with Crippen molar-refractivity contribution in [1.82, 2.24) is 10.1 Å². The highest BCUT2D eigenvalue weighted by molar-refractivity contribution is 5.96. The van der Waals surface area contributed by atoms with E-state index < -0.39 is 0 Å². The van der Waals surface area contributed by atoms with Gasteiger partial charge < -0.3 is 18.9 Å². The van der Waals surface area contributed by atoms with Crippen LogP contribution in [-0.2, 0) is 20.7 Å². The molecule has 7 heteroatoms. The standard InChI is InChI=1S/C14H22N2O5/c1-5-11-13(10(2)21-15-11)14(18)16(8-9-19-3)7-6-12(17)20-4/h5-9H2,1-4H3. The maximum absolute atomic E-state index is 12.6. The number of hydrogen-bond donors (Lipinski definition) is 0. The van der Waals surface area contributed by atoms with Gasteiger partial charge in [-0.1, -0.05) is 12.1 Å². The Bertz CT molecular complexity index is 484. The predicted molar refractivity (Wildman–Crippen MR) is 75.0 cm³/mol. The summed E-state index contributed by atoms with van der Waals surface area (Å²) in [6.07, 6.45) is 0.741. The van der Waals surface area contributed by atoms with E-state index in [-0.39, 0.29) is 24.8 Å². The van der Waals surface area contributed by atoms with Crippen LogP contribution in [-0.4, -0.2) is 55.8 Å². The van der Waals surface area contributed by atoms with Crippen LogP contribution in [0.1, 0.15) is 35.2 Å². The molecule has 0 saturated carbocycles. The molecular formula is C14H22N2O5. The molecule has 1 aromatic rings. The topological polar surface area (TPSA) is 81.9 Å². The summed E-state index contributed by atoms with van der Waals surface area (Å²) in [5, 5.41) is 3.88. The molecule has 0 bridgehead atoms. The molecule has 0 aliphatic rings. The molecule has 1 heterocycles. The van der Waals surface area contributed by atoms with Crippen molar-refractivity contribution in [3.05, 3.63) is 17.0 Å². The minimum atomic E-state index is -0.358. The molecule has 1 aromatic heterocycles. The molecule has 7 nitrogen and oxygen atoms in total. The van der Waals surface area contributed by atoms with Crippen LogP contribution in [0.15, 0.2) is 4.52 Å². The fourth-order valence-electron chi connectivity index (χ4n) is 1.94. The van der Waals surface area contributed by atoms with Crippen molar-refractivity contribution in [2.75, 3.05) is 33.9 Å². The lowest BCUT2D eigenvalue weighted by molar-refractivity contribution is -0.140. The van der Waals surface area contributed by atoms with Gasteiger partial charge in [-0.25, -0.2) is 0 Å². The fourth-order valence-corrected chi connectivity index (χ4v) is 1.94. The average molecular weight is 298 g/mol. The van der Waals surface area contributed by atoms with Crippen molar-refractivity contribution in [2.45, 2.75) is 26.7 Å². The largest absolute Gasteiger partial charge is 0.469 e. The van der Waals surface area contributed by atoms with Gasteiger partial charge in [0.2, 0.25) is 0 Å². The molecule has 21 heavy (non-hydrogen) atoms. The van der Waals surface area contributed by atoms with Gasteiger partial charge >= 0.3 is 5.97 Å². The van der Waals surface area contributed by atoms with E-state index >= 15 is 0 Å². The summed E-state index contributed by atoms with van der Waals surface area (Å²) in [6, 6.07) is 0. The summed E-state index contributed by atoms with van der Waals surface area (Å²) in [5.74, 6) is -0.0770. The van der Waals surface area contributed by atoms with Crippen LogP contribution < -0.4 is 0 Å². The first-order chi connectivity index (χ1) is 10.0. The molecule has 0 aliphatic carbocycles. The molecule has 0 atom stereocenters. The van der Waals surface area contributed by atoms with Gasteiger partial charge in [-0.15, -0.1) is 0 Å². The highest BCUT2D eigenvalue weighted by Gasteiger charge is 2.24.